The molecule has 0 N–H and O–H groups in total. The van der Waals surface area contributed by atoms with Crippen molar-refractivity contribution >= 4 is 5.91 Å². The van der Waals surface area contributed by atoms with Gasteiger partial charge in [0.05, 0.1) is 0 Å². The van der Waals surface area contributed by atoms with Crippen LogP contribution in [0.5, 0.6) is 0 Å². The summed E-state index contributed by atoms with van der Waals surface area (Å²) < 4.78 is 13.7. The van der Waals surface area contributed by atoms with Gasteiger partial charge < -0.3 is 9.80 Å². The highest BCUT2D eigenvalue weighted by Gasteiger charge is 2.33. The van der Waals surface area contributed by atoms with E-state index in [1.165, 1.54) is 18.9 Å². The van der Waals surface area contributed by atoms with Crippen LogP contribution in [0.4, 0.5) is 4.39 Å². The van der Waals surface area contributed by atoms with Crippen molar-refractivity contribution in [1.82, 2.24) is 9.80 Å². The molecular weight excluding hydrogens is 291 g/mol. The lowest BCUT2D eigenvalue weighted by molar-refractivity contribution is -0.132. The van der Waals surface area contributed by atoms with Gasteiger partial charge in [-0.1, -0.05) is 18.2 Å². The number of amides is 1. The minimum atomic E-state index is -0.101. The van der Waals surface area contributed by atoms with E-state index in [9.17, 15) is 9.18 Å². The molecule has 3 rings (SSSR count). The fourth-order valence-electron chi connectivity index (χ4n) is 3.60. The molecule has 2 aliphatic rings. The molecule has 1 aliphatic carbocycles. The normalized spacial score (nSPS) is 22.1. The number of carbonyl (C=O) groups is 1. The van der Waals surface area contributed by atoms with Crippen LogP contribution in [-0.2, 0) is 11.2 Å². The van der Waals surface area contributed by atoms with E-state index < -0.39 is 0 Å². The van der Waals surface area contributed by atoms with E-state index in [2.05, 4.69) is 4.90 Å². The molecule has 0 radical (unpaired) electrons. The highest BCUT2D eigenvalue weighted by Crippen LogP contribution is 2.31. The van der Waals surface area contributed by atoms with Gasteiger partial charge >= 0.3 is 0 Å². The van der Waals surface area contributed by atoms with Gasteiger partial charge in [-0.2, -0.15) is 0 Å². The van der Waals surface area contributed by atoms with Gasteiger partial charge in [-0.05, 0) is 56.2 Å². The molecule has 2 fully saturated rings. The molecule has 1 aromatic carbocycles. The van der Waals surface area contributed by atoms with Gasteiger partial charge in [0.2, 0.25) is 5.91 Å². The summed E-state index contributed by atoms with van der Waals surface area (Å²) in [5.74, 6) is 1.09. The first kappa shape index (κ1) is 16.4. The Kier molecular flexibility index (Phi) is 5.31. The first-order chi connectivity index (χ1) is 11.1. The summed E-state index contributed by atoms with van der Waals surface area (Å²) in [6, 6.07) is 7.05. The fourth-order valence-corrected chi connectivity index (χ4v) is 3.60. The van der Waals surface area contributed by atoms with E-state index >= 15 is 0 Å². The highest BCUT2D eigenvalue weighted by molar-refractivity contribution is 5.80. The van der Waals surface area contributed by atoms with Gasteiger partial charge in [0.15, 0.2) is 0 Å². The number of benzene rings is 1. The van der Waals surface area contributed by atoms with Crippen molar-refractivity contribution in [3.05, 3.63) is 35.6 Å². The van der Waals surface area contributed by atoms with Crippen molar-refractivity contribution < 1.29 is 9.18 Å². The van der Waals surface area contributed by atoms with Gasteiger partial charge in [0.25, 0.3) is 0 Å². The molecule has 1 aromatic rings. The van der Waals surface area contributed by atoms with Crippen LogP contribution in [0, 0.1) is 17.7 Å². The van der Waals surface area contributed by atoms with Crippen molar-refractivity contribution in [3.8, 4) is 0 Å². The Morgan fingerprint density at radius 2 is 2.09 bits per heavy atom. The zero-order chi connectivity index (χ0) is 16.2. The lowest BCUT2D eigenvalue weighted by atomic mass is 9.97. The first-order valence-electron chi connectivity index (χ1n) is 8.84. The Morgan fingerprint density at radius 1 is 1.30 bits per heavy atom. The second-order valence-electron chi connectivity index (χ2n) is 7.14. The Bertz CT molecular complexity index is 544. The summed E-state index contributed by atoms with van der Waals surface area (Å²) in [6.07, 6.45) is 5.27. The maximum atomic E-state index is 13.7. The van der Waals surface area contributed by atoms with Gasteiger partial charge in [0, 0.05) is 32.6 Å². The van der Waals surface area contributed by atoms with Gasteiger partial charge in [-0.15, -0.1) is 0 Å². The van der Waals surface area contributed by atoms with Crippen LogP contribution in [0.3, 0.4) is 0 Å². The summed E-state index contributed by atoms with van der Waals surface area (Å²) in [5.41, 5.74) is 0.802. The minimum absolute atomic E-state index is 0.101. The third-order valence-electron chi connectivity index (χ3n) is 5.09. The summed E-state index contributed by atoms with van der Waals surface area (Å²) in [5, 5.41) is 0. The van der Waals surface area contributed by atoms with Crippen molar-refractivity contribution in [2.45, 2.75) is 32.1 Å². The SMILES string of the molecule is CN(C[C@H]1CCCN(CCc2ccccc2F)C1)C(=O)C1CC1. The van der Waals surface area contributed by atoms with E-state index in [1.807, 2.05) is 24.1 Å². The van der Waals surface area contributed by atoms with Crippen LogP contribution < -0.4 is 0 Å². The number of rotatable bonds is 6. The predicted molar refractivity (Wildman–Crippen MR) is 89.6 cm³/mol. The molecule has 1 saturated carbocycles. The fraction of sp³-hybridized carbons (Fsp3) is 0.632. The molecule has 126 valence electrons. The molecule has 1 atom stereocenters. The number of carbonyl (C=O) groups excluding carboxylic acids is 1. The van der Waals surface area contributed by atoms with Crippen LogP contribution in [0.15, 0.2) is 24.3 Å². The smallest absolute Gasteiger partial charge is 0.225 e. The predicted octanol–water partition coefficient (Wildman–Crippen LogP) is 2.95. The number of nitrogens with zero attached hydrogens (tertiary/aromatic N) is 2. The number of hydrogen-bond acceptors (Lipinski definition) is 2. The molecule has 0 bridgehead atoms. The topological polar surface area (TPSA) is 23.6 Å². The van der Waals surface area contributed by atoms with Crippen molar-refractivity contribution in [3.63, 3.8) is 0 Å². The molecule has 1 saturated heterocycles. The highest BCUT2D eigenvalue weighted by atomic mass is 19.1. The number of likely N-dealkylation sites (tertiary alicyclic amines) is 1. The minimum Gasteiger partial charge on any atom is -0.345 e. The molecule has 0 aromatic heterocycles. The summed E-state index contributed by atoms with van der Waals surface area (Å²) in [7, 11) is 1.94. The number of piperidine rings is 1. The monoisotopic (exact) mass is 318 g/mol. The zero-order valence-corrected chi connectivity index (χ0v) is 14.0. The van der Waals surface area contributed by atoms with Crippen LogP contribution in [0.25, 0.3) is 0 Å². The average molecular weight is 318 g/mol. The van der Waals surface area contributed by atoms with Crippen molar-refractivity contribution in [2.24, 2.45) is 11.8 Å². The second kappa shape index (κ2) is 7.43. The zero-order valence-electron chi connectivity index (χ0n) is 14.0. The Labute approximate surface area is 138 Å². The largest absolute Gasteiger partial charge is 0.345 e. The molecule has 1 amide bonds. The number of hydrogen-bond donors (Lipinski definition) is 0. The molecular formula is C19H27FN2O. The van der Waals surface area contributed by atoms with Crippen molar-refractivity contribution in [2.75, 3.05) is 33.2 Å². The van der Waals surface area contributed by atoms with Crippen LogP contribution in [0.2, 0.25) is 0 Å². The average Bonchev–Trinajstić information content (AvgIpc) is 3.38. The van der Waals surface area contributed by atoms with E-state index in [0.717, 1.165) is 51.0 Å². The third-order valence-corrected chi connectivity index (χ3v) is 5.09. The van der Waals surface area contributed by atoms with E-state index in [0.29, 0.717) is 17.7 Å². The van der Waals surface area contributed by atoms with Gasteiger partial charge in [-0.25, -0.2) is 4.39 Å². The second-order valence-corrected chi connectivity index (χ2v) is 7.14. The van der Waals surface area contributed by atoms with Gasteiger partial charge in [-0.3, -0.25) is 4.79 Å². The first-order valence-corrected chi connectivity index (χ1v) is 8.84. The number of halogens is 1. The lowest BCUT2D eigenvalue weighted by Crippen LogP contribution is -2.42. The molecule has 4 heteroatoms. The van der Waals surface area contributed by atoms with Crippen molar-refractivity contribution in [1.29, 1.82) is 0 Å². The quantitative estimate of drug-likeness (QED) is 0.805. The van der Waals surface area contributed by atoms with Crippen LogP contribution in [0.1, 0.15) is 31.2 Å². The van der Waals surface area contributed by atoms with E-state index in [4.69, 9.17) is 0 Å². The summed E-state index contributed by atoms with van der Waals surface area (Å²) in [6.45, 7) is 3.88. The Morgan fingerprint density at radius 3 is 2.83 bits per heavy atom. The molecule has 0 spiro atoms. The van der Waals surface area contributed by atoms with E-state index in [-0.39, 0.29) is 5.82 Å². The van der Waals surface area contributed by atoms with Gasteiger partial charge in [0.1, 0.15) is 5.82 Å². The molecule has 23 heavy (non-hydrogen) atoms. The van der Waals surface area contributed by atoms with Crippen LogP contribution in [-0.4, -0.2) is 48.9 Å². The summed E-state index contributed by atoms with van der Waals surface area (Å²) in [4.78, 5) is 16.4. The molecule has 1 heterocycles. The maximum absolute atomic E-state index is 13.7. The summed E-state index contributed by atoms with van der Waals surface area (Å²) >= 11 is 0. The Hall–Kier alpha value is -1.42. The third kappa shape index (κ3) is 4.54. The standard InChI is InChI=1S/C19H27FN2O/c1-21(19(23)17-8-9-17)13-15-5-4-11-22(14-15)12-10-16-6-2-3-7-18(16)20/h2-3,6-7,15,17H,4-5,8-14H2,1H3/t15-/m1/s1. The molecule has 3 nitrogen and oxygen atoms in total. The van der Waals surface area contributed by atoms with Crippen LogP contribution >= 0.6 is 0 Å². The molecule has 1 aliphatic heterocycles. The Balaban J connectivity index is 1.46. The van der Waals surface area contributed by atoms with E-state index in [1.54, 1.807) is 6.07 Å². The molecule has 0 unspecified atom stereocenters. The maximum Gasteiger partial charge on any atom is 0.225 e. The lowest BCUT2D eigenvalue weighted by Gasteiger charge is -2.34.